The predicted molar refractivity (Wildman–Crippen MR) is 65.1 cm³/mol. The molecule has 0 aliphatic heterocycles. The fourth-order valence-corrected chi connectivity index (χ4v) is 1.52. The van der Waals surface area contributed by atoms with Crippen molar-refractivity contribution in [2.45, 2.75) is 19.5 Å². The number of alkyl halides is 3. The second-order valence-corrected chi connectivity index (χ2v) is 4.00. The van der Waals surface area contributed by atoms with Gasteiger partial charge in [-0.3, -0.25) is 0 Å². The van der Waals surface area contributed by atoms with Crippen molar-refractivity contribution in [2.24, 2.45) is 0 Å². The molecule has 0 atom stereocenters. The van der Waals surface area contributed by atoms with E-state index in [-0.39, 0.29) is 0 Å². The summed E-state index contributed by atoms with van der Waals surface area (Å²) >= 11 is 0. The molecule has 0 aliphatic rings. The van der Waals surface area contributed by atoms with Crippen molar-refractivity contribution in [3.8, 4) is 5.69 Å². The second-order valence-electron chi connectivity index (χ2n) is 4.00. The van der Waals surface area contributed by atoms with Gasteiger partial charge in [0.1, 0.15) is 5.82 Å². The first kappa shape index (κ1) is 13.4. The quantitative estimate of drug-likeness (QED) is 0.928. The zero-order valence-electron chi connectivity index (χ0n) is 10.3. The molecule has 0 spiro atoms. The number of rotatable bonds is 4. The summed E-state index contributed by atoms with van der Waals surface area (Å²) in [5.74, 6) is 0.614. The minimum absolute atomic E-state index is 0.532. The molecule has 0 bridgehead atoms. The molecule has 1 N–H and O–H groups in total. The average molecular weight is 270 g/mol. The summed E-state index contributed by atoms with van der Waals surface area (Å²) in [7, 11) is 0. The van der Waals surface area contributed by atoms with E-state index >= 15 is 0 Å². The summed E-state index contributed by atoms with van der Waals surface area (Å²) in [5, 5.41) is 6.78. The van der Waals surface area contributed by atoms with Gasteiger partial charge >= 0.3 is 6.18 Å². The Balaban J connectivity index is 2.24. The van der Waals surface area contributed by atoms with E-state index in [1.54, 1.807) is 12.1 Å². The largest absolute Gasteiger partial charge is 0.419 e. The Morgan fingerprint density at radius 1 is 1.37 bits per heavy atom. The Kier molecular flexibility index (Phi) is 3.73. The number of pyridine rings is 1. The molecule has 7 heteroatoms. The topological polar surface area (TPSA) is 42.7 Å². The highest BCUT2D eigenvalue weighted by Gasteiger charge is 2.32. The maximum absolute atomic E-state index is 12.5. The number of nitrogens with one attached hydrogen (secondary N) is 1. The van der Waals surface area contributed by atoms with Crippen LogP contribution in [0.4, 0.5) is 19.0 Å². The van der Waals surface area contributed by atoms with Crippen LogP contribution >= 0.6 is 0 Å². The highest BCUT2D eigenvalue weighted by molar-refractivity contribution is 5.44. The molecule has 2 rings (SSSR count). The van der Waals surface area contributed by atoms with Crippen LogP contribution in [0.5, 0.6) is 0 Å². The lowest BCUT2D eigenvalue weighted by Crippen LogP contribution is -2.04. The van der Waals surface area contributed by atoms with Crippen molar-refractivity contribution in [3.05, 3.63) is 36.3 Å². The van der Waals surface area contributed by atoms with Gasteiger partial charge in [-0.2, -0.15) is 18.3 Å². The fraction of sp³-hybridized carbons (Fsp3) is 0.333. The SMILES string of the molecule is CCCNc1cc(-n2cc(C(F)(F)F)cn2)ccn1. The van der Waals surface area contributed by atoms with E-state index < -0.39 is 11.7 Å². The molecule has 0 aliphatic carbocycles. The zero-order chi connectivity index (χ0) is 13.9. The van der Waals surface area contributed by atoms with Crippen LogP contribution in [0, 0.1) is 0 Å². The third-order valence-electron chi connectivity index (χ3n) is 2.47. The standard InChI is InChI=1S/C12H13F3N4/c1-2-4-16-11-6-10(3-5-17-11)19-8-9(7-18-19)12(13,14)15/h3,5-8H,2,4H2,1H3,(H,16,17). The highest BCUT2D eigenvalue weighted by atomic mass is 19.4. The van der Waals surface area contributed by atoms with Crippen LogP contribution in [0.15, 0.2) is 30.7 Å². The van der Waals surface area contributed by atoms with Gasteiger partial charge in [0.15, 0.2) is 0 Å². The Labute approximate surface area is 108 Å². The zero-order valence-corrected chi connectivity index (χ0v) is 10.3. The number of anilines is 1. The van der Waals surface area contributed by atoms with Gasteiger partial charge in [-0.05, 0) is 12.5 Å². The van der Waals surface area contributed by atoms with Gasteiger partial charge in [-0.25, -0.2) is 9.67 Å². The van der Waals surface area contributed by atoms with Crippen molar-refractivity contribution in [1.82, 2.24) is 14.8 Å². The van der Waals surface area contributed by atoms with Crippen LogP contribution in [0.1, 0.15) is 18.9 Å². The van der Waals surface area contributed by atoms with Gasteiger partial charge < -0.3 is 5.32 Å². The van der Waals surface area contributed by atoms with Gasteiger partial charge in [-0.1, -0.05) is 6.92 Å². The van der Waals surface area contributed by atoms with Crippen LogP contribution in [-0.2, 0) is 6.18 Å². The maximum Gasteiger partial charge on any atom is 0.419 e. The highest BCUT2D eigenvalue weighted by Crippen LogP contribution is 2.29. The molecule has 0 amide bonds. The summed E-state index contributed by atoms with van der Waals surface area (Å²) < 4.78 is 38.6. The normalized spacial score (nSPS) is 11.6. The number of halogens is 3. The number of hydrogen-bond donors (Lipinski definition) is 1. The molecule has 19 heavy (non-hydrogen) atoms. The van der Waals surface area contributed by atoms with E-state index in [4.69, 9.17) is 0 Å². The van der Waals surface area contributed by atoms with Crippen LogP contribution in [0.2, 0.25) is 0 Å². The van der Waals surface area contributed by atoms with Gasteiger partial charge in [0.2, 0.25) is 0 Å². The Bertz CT molecular complexity index is 548. The number of aromatic nitrogens is 3. The summed E-state index contributed by atoms with van der Waals surface area (Å²) in [6.07, 6.45) is -0.152. The van der Waals surface area contributed by atoms with Crippen molar-refractivity contribution < 1.29 is 13.2 Å². The summed E-state index contributed by atoms with van der Waals surface area (Å²) in [6, 6.07) is 3.26. The molecular weight excluding hydrogens is 257 g/mol. The first-order valence-electron chi connectivity index (χ1n) is 5.83. The second kappa shape index (κ2) is 5.29. The van der Waals surface area contributed by atoms with E-state index in [1.165, 1.54) is 10.9 Å². The lowest BCUT2D eigenvalue weighted by atomic mass is 10.3. The van der Waals surface area contributed by atoms with Crippen LogP contribution in [-0.4, -0.2) is 21.3 Å². The monoisotopic (exact) mass is 270 g/mol. The van der Waals surface area contributed by atoms with Crippen LogP contribution in [0.25, 0.3) is 5.69 Å². The average Bonchev–Trinajstić information content (AvgIpc) is 2.86. The number of nitrogens with zero attached hydrogens (tertiary/aromatic N) is 3. The van der Waals surface area contributed by atoms with E-state index in [2.05, 4.69) is 15.4 Å². The smallest absolute Gasteiger partial charge is 0.370 e. The predicted octanol–water partition coefficient (Wildman–Crippen LogP) is 3.11. The molecule has 2 aromatic rings. The van der Waals surface area contributed by atoms with Gasteiger partial charge in [0, 0.05) is 25.0 Å². The molecule has 0 saturated carbocycles. The maximum atomic E-state index is 12.5. The van der Waals surface area contributed by atoms with Crippen LogP contribution < -0.4 is 5.32 Å². The molecule has 0 fully saturated rings. The van der Waals surface area contributed by atoms with Crippen molar-refractivity contribution in [2.75, 3.05) is 11.9 Å². The first-order chi connectivity index (χ1) is 9.00. The number of hydrogen-bond acceptors (Lipinski definition) is 3. The molecular formula is C12H13F3N4. The lowest BCUT2D eigenvalue weighted by Gasteiger charge is -2.06. The van der Waals surface area contributed by atoms with Gasteiger partial charge in [-0.15, -0.1) is 0 Å². The summed E-state index contributed by atoms with van der Waals surface area (Å²) in [6.45, 7) is 2.77. The van der Waals surface area contributed by atoms with Crippen molar-refractivity contribution in [1.29, 1.82) is 0 Å². The summed E-state index contributed by atoms with van der Waals surface area (Å²) in [4.78, 5) is 4.08. The van der Waals surface area contributed by atoms with E-state index in [0.29, 0.717) is 11.5 Å². The Hall–Kier alpha value is -2.05. The first-order valence-corrected chi connectivity index (χ1v) is 5.83. The molecule has 102 valence electrons. The van der Waals surface area contributed by atoms with E-state index in [0.717, 1.165) is 25.4 Å². The van der Waals surface area contributed by atoms with E-state index in [9.17, 15) is 13.2 Å². The minimum atomic E-state index is -4.38. The van der Waals surface area contributed by atoms with Gasteiger partial charge in [0.05, 0.1) is 17.4 Å². The lowest BCUT2D eigenvalue weighted by molar-refractivity contribution is -0.137. The van der Waals surface area contributed by atoms with Gasteiger partial charge in [0.25, 0.3) is 0 Å². The third kappa shape index (κ3) is 3.24. The molecule has 0 aromatic carbocycles. The third-order valence-corrected chi connectivity index (χ3v) is 2.47. The van der Waals surface area contributed by atoms with Crippen molar-refractivity contribution in [3.63, 3.8) is 0 Å². The Morgan fingerprint density at radius 2 is 2.16 bits per heavy atom. The molecule has 0 unspecified atom stereocenters. The fourth-order valence-electron chi connectivity index (χ4n) is 1.52. The molecule has 2 heterocycles. The van der Waals surface area contributed by atoms with Crippen LogP contribution in [0.3, 0.4) is 0 Å². The molecule has 4 nitrogen and oxygen atoms in total. The van der Waals surface area contributed by atoms with Crippen molar-refractivity contribution >= 4 is 5.82 Å². The molecule has 2 aromatic heterocycles. The Morgan fingerprint density at radius 3 is 2.79 bits per heavy atom. The minimum Gasteiger partial charge on any atom is -0.370 e. The molecule has 0 radical (unpaired) electrons. The summed E-state index contributed by atoms with van der Waals surface area (Å²) in [5.41, 5.74) is -0.239. The van der Waals surface area contributed by atoms with E-state index in [1.807, 2.05) is 6.92 Å². The molecule has 0 saturated heterocycles.